The number of hydrogen-bond acceptors (Lipinski definition) is 6. The molecule has 0 bridgehead atoms. The summed E-state index contributed by atoms with van der Waals surface area (Å²) in [4.78, 5) is 23.9. The van der Waals surface area contributed by atoms with Crippen LogP contribution in [0.15, 0.2) is 17.7 Å². The Bertz CT molecular complexity index is 670. The first-order chi connectivity index (χ1) is 10.4. The number of cyclic esters (lactones) is 2. The van der Waals surface area contributed by atoms with Crippen LogP contribution in [-0.2, 0) is 30.4 Å². The van der Waals surface area contributed by atoms with E-state index in [0.717, 1.165) is 6.07 Å². The first kappa shape index (κ1) is 14.5. The second-order valence-electron chi connectivity index (χ2n) is 5.33. The van der Waals surface area contributed by atoms with Gasteiger partial charge < -0.3 is 18.9 Å². The van der Waals surface area contributed by atoms with E-state index in [1.165, 1.54) is 26.0 Å². The topological polar surface area (TPSA) is 71.1 Å². The Labute approximate surface area is 125 Å². The van der Waals surface area contributed by atoms with E-state index >= 15 is 0 Å². The third-order valence-corrected chi connectivity index (χ3v) is 3.12. The van der Waals surface area contributed by atoms with Gasteiger partial charge in [0.15, 0.2) is 6.79 Å². The van der Waals surface area contributed by atoms with Crippen LogP contribution in [0.2, 0.25) is 0 Å². The van der Waals surface area contributed by atoms with Crippen LogP contribution in [0, 0.1) is 5.82 Å². The molecule has 0 aliphatic carbocycles. The molecule has 7 heteroatoms. The van der Waals surface area contributed by atoms with E-state index in [2.05, 4.69) is 0 Å². The molecule has 0 radical (unpaired) electrons. The van der Waals surface area contributed by atoms with Crippen LogP contribution in [0.5, 0.6) is 5.75 Å². The van der Waals surface area contributed by atoms with E-state index in [4.69, 9.17) is 18.9 Å². The third-order valence-electron chi connectivity index (χ3n) is 3.12. The van der Waals surface area contributed by atoms with Gasteiger partial charge in [-0.3, -0.25) is 0 Å². The Balaban J connectivity index is 2.03. The van der Waals surface area contributed by atoms with Crippen molar-refractivity contribution >= 4 is 18.0 Å². The quantitative estimate of drug-likeness (QED) is 0.448. The molecule has 1 aromatic carbocycles. The van der Waals surface area contributed by atoms with Crippen molar-refractivity contribution in [1.29, 1.82) is 0 Å². The summed E-state index contributed by atoms with van der Waals surface area (Å²) in [6.07, 6.45) is 1.20. The van der Waals surface area contributed by atoms with E-state index < -0.39 is 23.5 Å². The molecule has 6 nitrogen and oxygen atoms in total. The second kappa shape index (κ2) is 5.10. The average molecular weight is 308 g/mol. The molecular formula is C15H13FO6. The molecule has 1 saturated heterocycles. The fraction of sp³-hybridized carbons (Fsp3) is 0.333. The lowest BCUT2D eigenvalue weighted by Gasteiger charge is -2.30. The standard InChI is InChI=1S/C15H13FO6/c1-15(2)21-13(17)11(14(18)22-15)5-8-3-10(16)4-9-6-19-7-20-12(8)9/h3-5H,6-7H2,1-2H3. The molecule has 1 aromatic rings. The molecule has 0 unspecified atom stereocenters. The van der Waals surface area contributed by atoms with E-state index in [-0.39, 0.29) is 24.5 Å². The minimum atomic E-state index is -1.32. The van der Waals surface area contributed by atoms with Crippen molar-refractivity contribution in [2.24, 2.45) is 0 Å². The summed E-state index contributed by atoms with van der Waals surface area (Å²) in [5, 5.41) is 0. The Morgan fingerprint density at radius 2 is 1.86 bits per heavy atom. The largest absolute Gasteiger partial charge is 0.467 e. The van der Waals surface area contributed by atoms with E-state index in [1.54, 1.807) is 0 Å². The van der Waals surface area contributed by atoms with Gasteiger partial charge in [-0.05, 0) is 18.2 Å². The maximum absolute atomic E-state index is 13.7. The molecule has 0 N–H and O–H groups in total. The average Bonchev–Trinajstić information content (AvgIpc) is 2.41. The molecule has 116 valence electrons. The van der Waals surface area contributed by atoms with Crippen molar-refractivity contribution < 1.29 is 32.9 Å². The number of esters is 2. The van der Waals surface area contributed by atoms with Gasteiger partial charge in [0.1, 0.15) is 17.1 Å². The van der Waals surface area contributed by atoms with E-state index in [0.29, 0.717) is 11.3 Å². The first-order valence-corrected chi connectivity index (χ1v) is 6.57. The number of fused-ring (bicyclic) bond motifs is 1. The zero-order chi connectivity index (χ0) is 15.9. The molecule has 2 heterocycles. The summed E-state index contributed by atoms with van der Waals surface area (Å²) in [6.45, 7) is 3.09. The second-order valence-corrected chi connectivity index (χ2v) is 5.33. The van der Waals surface area contributed by atoms with E-state index in [9.17, 15) is 14.0 Å². The number of carbonyl (C=O) groups excluding carboxylic acids is 2. The van der Waals surface area contributed by atoms with Gasteiger partial charge in [-0.25, -0.2) is 14.0 Å². The molecule has 0 amide bonds. The summed E-state index contributed by atoms with van der Waals surface area (Å²) in [5.41, 5.74) is 0.431. The number of rotatable bonds is 1. The van der Waals surface area contributed by atoms with Crippen LogP contribution in [0.1, 0.15) is 25.0 Å². The molecule has 2 aliphatic rings. The summed E-state index contributed by atoms with van der Waals surface area (Å²) < 4.78 is 34.0. The van der Waals surface area contributed by atoms with Crippen molar-refractivity contribution in [3.63, 3.8) is 0 Å². The van der Waals surface area contributed by atoms with E-state index in [1.807, 2.05) is 0 Å². The summed E-state index contributed by atoms with van der Waals surface area (Å²) >= 11 is 0. The van der Waals surface area contributed by atoms with Crippen LogP contribution in [0.25, 0.3) is 6.08 Å². The van der Waals surface area contributed by atoms with Gasteiger partial charge >= 0.3 is 11.9 Å². The van der Waals surface area contributed by atoms with Crippen molar-refractivity contribution in [2.75, 3.05) is 6.79 Å². The Morgan fingerprint density at radius 3 is 2.55 bits per heavy atom. The van der Waals surface area contributed by atoms with Crippen molar-refractivity contribution in [1.82, 2.24) is 0 Å². The van der Waals surface area contributed by atoms with Gasteiger partial charge in [0.25, 0.3) is 5.79 Å². The normalized spacial score (nSPS) is 19.7. The van der Waals surface area contributed by atoms with Gasteiger partial charge in [0.05, 0.1) is 6.61 Å². The molecule has 2 aliphatic heterocycles. The lowest BCUT2D eigenvalue weighted by molar-refractivity contribution is -0.222. The third kappa shape index (κ3) is 2.67. The van der Waals surface area contributed by atoms with Gasteiger partial charge in [0.2, 0.25) is 0 Å². The van der Waals surface area contributed by atoms with Gasteiger partial charge in [-0.1, -0.05) is 0 Å². The number of benzene rings is 1. The Hall–Kier alpha value is -2.41. The van der Waals surface area contributed by atoms with Crippen LogP contribution in [0.3, 0.4) is 0 Å². The zero-order valence-electron chi connectivity index (χ0n) is 12.0. The lowest BCUT2D eigenvalue weighted by Crippen LogP contribution is -2.41. The lowest BCUT2D eigenvalue weighted by atomic mass is 10.0. The Kier molecular flexibility index (Phi) is 3.37. The van der Waals surface area contributed by atoms with Crippen molar-refractivity contribution in [2.45, 2.75) is 26.2 Å². The Morgan fingerprint density at radius 1 is 1.18 bits per heavy atom. The zero-order valence-corrected chi connectivity index (χ0v) is 12.0. The predicted octanol–water partition coefficient (Wildman–Crippen LogP) is 1.91. The number of ether oxygens (including phenoxy) is 4. The maximum Gasteiger partial charge on any atom is 0.348 e. The highest BCUT2D eigenvalue weighted by molar-refractivity contribution is 6.19. The van der Waals surface area contributed by atoms with Gasteiger partial charge in [-0.15, -0.1) is 0 Å². The fourth-order valence-electron chi connectivity index (χ4n) is 2.25. The van der Waals surface area contributed by atoms with Crippen LogP contribution < -0.4 is 4.74 Å². The molecule has 0 saturated carbocycles. The maximum atomic E-state index is 13.7. The number of hydrogen-bond donors (Lipinski definition) is 0. The van der Waals surface area contributed by atoms with Gasteiger partial charge in [-0.2, -0.15) is 0 Å². The molecule has 0 spiro atoms. The molecule has 22 heavy (non-hydrogen) atoms. The minimum Gasteiger partial charge on any atom is -0.467 e. The number of carbonyl (C=O) groups is 2. The highest BCUT2D eigenvalue weighted by Gasteiger charge is 2.39. The summed E-state index contributed by atoms with van der Waals surface area (Å²) in [7, 11) is 0. The monoisotopic (exact) mass is 308 g/mol. The van der Waals surface area contributed by atoms with Crippen molar-refractivity contribution in [3.8, 4) is 5.75 Å². The highest BCUT2D eigenvalue weighted by atomic mass is 19.1. The predicted molar refractivity (Wildman–Crippen MR) is 70.9 cm³/mol. The van der Waals surface area contributed by atoms with Crippen LogP contribution >= 0.6 is 0 Å². The summed E-state index contributed by atoms with van der Waals surface area (Å²) in [6, 6.07) is 2.44. The SMILES string of the molecule is CC1(C)OC(=O)C(=Cc2cc(F)cc3c2OCOC3)C(=O)O1. The smallest absolute Gasteiger partial charge is 0.348 e. The molecule has 0 atom stereocenters. The van der Waals surface area contributed by atoms with Crippen molar-refractivity contribution in [3.05, 3.63) is 34.6 Å². The molecule has 0 aromatic heterocycles. The van der Waals surface area contributed by atoms with Crippen LogP contribution in [0.4, 0.5) is 4.39 Å². The minimum absolute atomic E-state index is 0.0106. The van der Waals surface area contributed by atoms with Gasteiger partial charge in [0, 0.05) is 25.0 Å². The highest BCUT2D eigenvalue weighted by Crippen LogP contribution is 2.32. The first-order valence-electron chi connectivity index (χ1n) is 6.57. The summed E-state index contributed by atoms with van der Waals surface area (Å²) in [5.74, 6) is -3.14. The van der Waals surface area contributed by atoms with Crippen LogP contribution in [-0.4, -0.2) is 24.5 Å². The molecule has 3 rings (SSSR count). The fourth-order valence-corrected chi connectivity index (χ4v) is 2.25. The molecular weight excluding hydrogens is 295 g/mol. The number of halogens is 1. The molecule has 1 fully saturated rings.